The van der Waals surface area contributed by atoms with Crippen molar-refractivity contribution in [1.82, 2.24) is 0 Å². The van der Waals surface area contributed by atoms with Gasteiger partial charge in [0.15, 0.2) is 5.75 Å². The highest BCUT2D eigenvalue weighted by Crippen LogP contribution is 2.38. The number of hydrogen-bond donors (Lipinski definition) is 0. The minimum Gasteiger partial charge on any atom is -0.492 e. The summed E-state index contributed by atoms with van der Waals surface area (Å²) in [7, 11) is 1.45. The van der Waals surface area contributed by atoms with E-state index in [1.54, 1.807) is 18.2 Å². The van der Waals surface area contributed by atoms with Gasteiger partial charge in [-0.25, -0.2) is 4.79 Å². The van der Waals surface area contributed by atoms with Crippen LogP contribution in [-0.4, -0.2) is 19.7 Å². The van der Waals surface area contributed by atoms with E-state index in [0.29, 0.717) is 12.0 Å². The number of fused-ring (bicyclic) bond motifs is 1. The first kappa shape index (κ1) is 21.8. The van der Waals surface area contributed by atoms with Crippen LogP contribution in [0.25, 0.3) is 11.0 Å². The van der Waals surface area contributed by atoms with Gasteiger partial charge in [-0.05, 0) is 18.6 Å². The van der Waals surface area contributed by atoms with Crippen LogP contribution in [0.4, 0.5) is 0 Å². The molecule has 0 unspecified atom stereocenters. The van der Waals surface area contributed by atoms with Crippen molar-refractivity contribution in [3.8, 4) is 17.2 Å². The van der Waals surface area contributed by atoms with Crippen LogP contribution in [0, 0.1) is 0 Å². The third kappa shape index (κ3) is 6.01. The second-order valence-electron chi connectivity index (χ2n) is 6.80. The number of benzene rings is 1. The maximum atomic E-state index is 12.3. The third-order valence-corrected chi connectivity index (χ3v) is 4.51. The van der Waals surface area contributed by atoms with Crippen molar-refractivity contribution < 1.29 is 23.4 Å². The van der Waals surface area contributed by atoms with Gasteiger partial charge in [-0.3, -0.25) is 4.79 Å². The van der Waals surface area contributed by atoms with Crippen LogP contribution in [0.2, 0.25) is 0 Å². The largest absolute Gasteiger partial charge is 0.492 e. The predicted octanol–water partition coefficient (Wildman–Crippen LogP) is 5.25. The Hall–Kier alpha value is -2.50. The molecule has 0 aliphatic heterocycles. The van der Waals surface area contributed by atoms with E-state index < -0.39 is 11.6 Å². The first-order valence-corrected chi connectivity index (χ1v) is 10.0. The first-order chi connectivity index (χ1) is 13.6. The first-order valence-electron chi connectivity index (χ1n) is 10.0. The van der Waals surface area contributed by atoms with E-state index in [1.807, 2.05) is 0 Å². The van der Waals surface area contributed by atoms with Gasteiger partial charge in [0, 0.05) is 6.92 Å². The molecule has 2 rings (SSSR count). The molecule has 1 aromatic carbocycles. The minimum atomic E-state index is -0.608. The number of carbonyl (C=O) groups excluding carboxylic acids is 1. The van der Waals surface area contributed by atoms with Crippen molar-refractivity contribution in [2.24, 2.45) is 0 Å². The molecule has 0 saturated heterocycles. The van der Waals surface area contributed by atoms with E-state index >= 15 is 0 Å². The lowest BCUT2D eigenvalue weighted by Gasteiger charge is -2.13. The van der Waals surface area contributed by atoms with E-state index in [-0.39, 0.29) is 22.8 Å². The lowest BCUT2D eigenvalue weighted by Crippen LogP contribution is -2.11. The van der Waals surface area contributed by atoms with Crippen molar-refractivity contribution in [1.29, 1.82) is 0 Å². The van der Waals surface area contributed by atoms with Gasteiger partial charge in [0.2, 0.25) is 5.75 Å². The molecule has 0 bridgehead atoms. The molecular formula is C22H30O6. The van der Waals surface area contributed by atoms with Gasteiger partial charge in [0.25, 0.3) is 0 Å². The molecule has 6 heteroatoms. The number of rotatable bonds is 12. The van der Waals surface area contributed by atoms with E-state index in [2.05, 4.69) is 6.92 Å². The molecule has 0 N–H and O–H groups in total. The lowest BCUT2D eigenvalue weighted by molar-refractivity contribution is -0.131. The molecule has 28 heavy (non-hydrogen) atoms. The summed E-state index contributed by atoms with van der Waals surface area (Å²) in [6.07, 6.45) is 9.41. The summed E-state index contributed by atoms with van der Waals surface area (Å²) in [5, 5.41) is 0.408. The highest BCUT2D eigenvalue weighted by atomic mass is 16.5. The number of hydrogen-bond acceptors (Lipinski definition) is 6. The Morgan fingerprint density at radius 1 is 1.00 bits per heavy atom. The molecule has 6 nitrogen and oxygen atoms in total. The van der Waals surface area contributed by atoms with E-state index in [9.17, 15) is 9.59 Å². The Bertz CT molecular complexity index is 824. The lowest BCUT2D eigenvalue weighted by atomic mass is 10.1. The molecule has 0 radical (unpaired) electrons. The van der Waals surface area contributed by atoms with Gasteiger partial charge in [0.1, 0.15) is 16.7 Å². The number of esters is 1. The Kier molecular flexibility index (Phi) is 8.85. The topological polar surface area (TPSA) is 75.0 Å². The summed E-state index contributed by atoms with van der Waals surface area (Å²) >= 11 is 0. The molecule has 0 spiro atoms. The summed E-state index contributed by atoms with van der Waals surface area (Å²) in [6.45, 7) is 3.92. The molecule has 1 aromatic heterocycles. The second kappa shape index (κ2) is 11.4. The quantitative estimate of drug-likeness (QED) is 0.213. The fourth-order valence-corrected chi connectivity index (χ4v) is 3.14. The van der Waals surface area contributed by atoms with Crippen molar-refractivity contribution in [2.75, 3.05) is 13.7 Å². The van der Waals surface area contributed by atoms with E-state index in [0.717, 1.165) is 19.3 Å². The van der Waals surface area contributed by atoms with Crippen molar-refractivity contribution in [2.45, 2.75) is 65.2 Å². The van der Waals surface area contributed by atoms with E-state index in [4.69, 9.17) is 18.6 Å². The van der Waals surface area contributed by atoms with Crippen LogP contribution in [0.1, 0.15) is 65.2 Å². The van der Waals surface area contributed by atoms with Gasteiger partial charge < -0.3 is 18.6 Å². The molecular weight excluding hydrogens is 360 g/mol. The zero-order valence-electron chi connectivity index (χ0n) is 17.0. The summed E-state index contributed by atoms with van der Waals surface area (Å²) in [6, 6.07) is 4.88. The average molecular weight is 390 g/mol. The number of unbranched alkanes of at least 4 members (excludes halogenated alkanes) is 7. The molecule has 2 aromatic rings. The van der Waals surface area contributed by atoms with Gasteiger partial charge in [-0.15, -0.1) is 0 Å². The summed E-state index contributed by atoms with van der Waals surface area (Å²) in [5.41, 5.74) is -0.330. The van der Waals surface area contributed by atoms with Crippen LogP contribution in [-0.2, 0) is 4.79 Å². The van der Waals surface area contributed by atoms with Crippen molar-refractivity contribution >= 4 is 16.9 Å². The zero-order chi connectivity index (χ0) is 20.4. The SMILES string of the molecule is CCCCCCCCCCOc1c(OC)c2c(OC(C)=O)cccc2oc1=O. The van der Waals surface area contributed by atoms with E-state index in [1.165, 1.54) is 46.1 Å². The maximum Gasteiger partial charge on any atom is 0.383 e. The molecule has 0 atom stereocenters. The summed E-state index contributed by atoms with van der Waals surface area (Å²) in [5.74, 6) is 0.0323. The molecule has 1 heterocycles. The molecule has 0 saturated carbocycles. The Morgan fingerprint density at radius 3 is 2.32 bits per heavy atom. The van der Waals surface area contributed by atoms with Crippen molar-refractivity contribution in [3.05, 3.63) is 28.6 Å². The normalized spacial score (nSPS) is 10.8. The highest BCUT2D eigenvalue weighted by Gasteiger charge is 2.21. The monoisotopic (exact) mass is 390 g/mol. The highest BCUT2D eigenvalue weighted by molar-refractivity contribution is 5.93. The standard InChI is InChI=1S/C22H30O6/c1-4-5-6-7-8-9-10-11-15-26-21-20(25-3)19-17(27-16(2)23)13-12-14-18(19)28-22(21)24/h12-14H,4-11,15H2,1-3H3. The van der Waals surface area contributed by atoms with Gasteiger partial charge in [-0.1, -0.05) is 57.9 Å². The molecule has 0 aliphatic rings. The van der Waals surface area contributed by atoms with Crippen LogP contribution in [0.3, 0.4) is 0 Å². The van der Waals surface area contributed by atoms with Crippen molar-refractivity contribution in [3.63, 3.8) is 0 Å². The average Bonchev–Trinajstić information content (AvgIpc) is 2.66. The van der Waals surface area contributed by atoms with Gasteiger partial charge in [-0.2, -0.15) is 0 Å². The predicted molar refractivity (Wildman–Crippen MR) is 108 cm³/mol. The molecule has 154 valence electrons. The number of ether oxygens (including phenoxy) is 3. The maximum absolute atomic E-state index is 12.3. The van der Waals surface area contributed by atoms with Gasteiger partial charge >= 0.3 is 11.6 Å². The van der Waals surface area contributed by atoms with Crippen LogP contribution in [0.5, 0.6) is 17.2 Å². The Labute approximate surface area is 165 Å². The molecule has 0 aliphatic carbocycles. The number of methoxy groups -OCH3 is 1. The summed E-state index contributed by atoms with van der Waals surface area (Å²) in [4.78, 5) is 23.7. The van der Waals surface area contributed by atoms with Crippen LogP contribution >= 0.6 is 0 Å². The zero-order valence-corrected chi connectivity index (χ0v) is 17.0. The summed E-state index contributed by atoms with van der Waals surface area (Å²) < 4.78 is 21.7. The Morgan fingerprint density at radius 2 is 1.68 bits per heavy atom. The third-order valence-electron chi connectivity index (χ3n) is 4.51. The van der Waals surface area contributed by atoms with Gasteiger partial charge in [0.05, 0.1) is 13.7 Å². The molecule has 0 fully saturated rings. The fourth-order valence-electron chi connectivity index (χ4n) is 3.14. The second-order valence-corrected chi connectivity index (χ2v) is 6.80. The van der Waals surface area contributed by atoms with Crippen LogP contribution < -0.4 is 19.8 Å². The van der Waals surface area contributed by atoms with Crippen LogP contribution in [0.15, 0.2) is 27.4 Å². The minimum absolute atomic E-state index is 0.0116. The smallest absolute Gasteiger partial charge is 0.383 e. The fraction of sp³-hybridized carbons (Fsp3) is 0.545. The molecule has 0 amide bonds. The number of carbonyl (C=O) groups is 1. The Balaban J connectivity index is 2.05.